The number of alkyl carbamates (subject to hydrolysis) is 2. The Bertz CT molecular complexity index is 4920. The number of nitrogens with one attached hydrogen (secondary N) is 6. The number of likely N-dealkylation sites (N-methyl/N-ethyl adjacent to an activating group) is 2. The number of aromatic nitrogens is 4. The van der Waals surface area contributed by atoms with Gasteiger partial charge in [0.1, 0.15) is 117 Å². The van der Waals surface area contributed by atoms with Crippen LogP contribution < -0.4 is 50.8 Å². The molecule has 2 saturated heterocycles. The van der Waals surface area contributed by atoms with E-state index in [2.05, 4.69) is 45.1 Å². The Kier molecular flexibility index (Phi) is 26.8. The van der Waals surface area contributed by atoms with Crippen molar-refractivity contribution in [1.82, 2.24) is 60.8 Å². The van der Waals surface area contributed by atoms with Crippen LogP contribution in [0.3, 0.4) is 0 Å². The van der Waals surface area contributed by atoms with Crippen LogP contribution in [-0.2, 0) is 43.0 Å². The SMILES string of the molecule is C=C[C@@H]1CC1(NC(=O)[C@@H]1C[C@@H](Oc2cc(-c3csc(NC(C)C)n3)nc3c(Cl)c(OCCN(C)C)ccc23)CN1C(=O)[C@@H](NC(=O)OC1C[C@@H]2C[C@@H]2C1)C(C)(C)C)C(=O)O.C=C[C@@H]1CC1(NC(=O)[C@@H]1C[C@@H](Oc2cc(-c3csc(NC(C)C)n3)nc3c(Cl)c(OCCN(C)C)ccc23)CN1C(=O)[C@@H](NC(=O)OC1C[C@@H]2C[C@@H]2C1)C(C)(C)C)C(=O)OC. The quantitative estimate of drug-likeness (QED) is 0.0117. The first kappa shape index (κ1) is 89.4. The Morgan fingerprint density at radius 1 is 0.562 bits per heavy atom. The summed E-state index contributed by atoms with van der Waals surface area (Å²) in [6.45, 7) is 28.8. The lowest BCUT2D eigenvalue weighted by Gasteiger charge is -2.35. The summed E-state index contributed by atoms with van der Waals surface area (Å²) in [6.07, 6.45) is 6.11. The number of nitrogens with zero attached hydrogens (tertiary/aromatic N) is 8. The van der Waals surface area contributed by atoms with Crippen LogP contribution in [0.2, 0.25) is 10.0 Å². The van der Waals surface area contributed by atoms with E-state index in [9.17, 15) is 43.5 Å². The number of esters is 1. The van der Waals surface area contributed by atoms with E-state index in [1.54, 1.807) is 30.3 Å². The molecular formula is C87H114Cl2N14O16S2. The standard InChI is InChI=1S/C44H58ClN7O8S.C43H56ClN7O8S/c1-10-26-20-44(26,40(55)57-9)50-38(53)32-18-28(21-52(32)39(54)37(43(4,5)6)49-42(56)60-27-16-24-15-25(24)17-27)59-34-19-30(31-22-61-41(48-31)46-23(2)3)47-36-29(34)11-12-33(35(36)45)58-14-13-51(7)8;1-9-25-19-43(25,39(54)55)49-37(52)31-17-27(20-51(31)38(53)36(42(4,5)6)48-41(56)59-26-15-23-14-24(23)16-26)58-33-18-29(30-21-60-40(47-30)45-22(2)3)46-35-28(33)10-11-32(34(35)44)57-13-12-50(7)8/h10-12,19,22-28,32,37H,1,13-18,20-21H2,2-9H3,(H,46,48)(H,49,56)(H,50,53);9-11,18,21-27,31,36H,1,12-17,19-20H2,2-8H3,(H,45,47)(H,48,56)(H,49,52)(H,54,55)/t24-,25+,26-,27?,28-,32+,37-,44?;23-,24+,25-,26?,27-,31+,36-,43?/m11/s1. The molecule has 654 valence electrons. The number of carboxylic acid groups (broad SMARTS) is 1. The van der Waals surface area contributed by atoms with Crippen LogP contribution in [-0.4, -0.2) is 239 Å². The number of carboxylic acids is 1. The highest BCUT2D eigenvalue weighted by molar-refractivity contribution is 7.14. The fraction of sp³-hybridized carbons (Fsp3) is 0.586. The first-order valence-corrected chi connectivity index (χ1v) is 44.1. The van der Waals surface area contributed by atoms with Crippen molar-refractivity contribution in [2.45, 2.75) is 205 Å². The van der Waals surface area contributed by atoms with Gasteiger partial charge in [-0.25, -0.2) is 39.1 Å². The Morgan fingerprint density at radius 2 is 0.950 bits per heavy atom. The summed E-state index contributed by atoms with van der Waals surface area (Å²) in [5.41, 5.74) is -1.37. The van der Waals surface area contributed by atoms with Gasteiger partial charge in [-0.15, -0.1) is 35.8 Å². The van der Waals surface area contributed by atoms with Crippen molar-refractivity contribution in [2.24, 2.45) is 46.3 Å². The highest BCUT2D eigenvalue weighted by Gasteiger charge is 2.63. The van der Waals surface area contributed by atoms with Gasteiger partial charge < -0.3 is 89.8 Å². The molecule has 4 aromatic heterocycles. The average molecular weight is 1750 g/mol. The normalized spacial score (nSPS) is 25.9. The van der Waals surface area contributed by atoms with Crippen molar-refractivity contribution < 1.29 is 76.6 Å². The van der Waals surface area contributed by atoms with Crippen molar-refractivity contribution >= 4 is 126 Å². The number of anilines is 2. The molecule has 6 heterocycles. The Hall–Kier alpha value is -9.34. The van der Waals surface area contributed by atoms with Gasteiger partial charge in [0, 0.05) is 83.5 Å². The maximum Gasteiger partial charge on any atom is 0.408 e. The number of ether oxygens (including phenoxy) is 7. The highest BCUT2D eigenvalue weighted by Crippen LogP contribution is 2.54. The van der Waals surface area contributed by atoms with Crippen LogP contribution in [0.25, 0.3) is 44.6 Å². The van der Waals surface area contributed by atoms with Crippen molar-refractivity contribution in [2.75, 3.05) is 85.3 Å². The van der Waals surface area contributed by atoms with E-state index in [0.717, 1.165) is 30.8 Å². The summed E-state index contributed by atoms with van der Waals surface area (Å²) in [7, 11) is 9.08. The number of pyridine rings is 2. The largest absolute Gasteiger partial charge is 0.491 e. The summed E-state index contributed by atoms with van der Waals surface area (Å²) in [6, 6.07) is 6.69. The number of carbonyl (C=O) groups excluding carboxylic acids is 7. The van der Waals surface area contributed by atoms with E-state index < -0.39 is 112 Å². The third kappa shape index (κ3) is 20.5. The molecule has 6 aliphatic carbocycles. The molecule has 30 nitrogen and oxygen atoms in total. The van der Waals surface area contributed by atoms with Gasteiger partial charge in [-0.05, 0) is 166 Å². The summed E-state index contributed by atoms with van der Waals surface area (Å²) in [5, 5.41) is 35.1. The number of halogens is 2. The molecule has 8 fully saturated rings. The molecule has 2 aromatic carbocycles. The van der Waals surface area contributed by atoms with Crippen LogP contribution in [0, 0.1) is 46.3 Å². The van der Waals surface area contributed by atoms with Crippen molar-refractivity contribution in [3.05, 3.63) is 82.5 Å². The number of carbonyl (C=O) groups is 8. The van der Waals surface area contributed by atoms with Crippen LogP contribution in [0.15, 0.2) is 72.5 Å². The number of hydrogen-bond donors (Lipinski definition) is 7. The predicted molar refractivity (Wildman–Crippen MR) is 463 cm³/mol. The molecule has 16 atom stereocenters. The molecule has 2 aliphatic heterocycles. The van der Waals surface area contributed by atoms with E-state index in [0.29, 0.717) is 134 Å². The number of amides is 6. The maximum atomic E-state index is 14.8. The Balaban J connectivity index is 0.000000209. The van der Waals surface area contributed by atoms with Gasteiger partial charge in [-0.2, -0.15) is 0 Å². The number of thiazole rings is 2. The average Bonchev–Trinajstić information content (AvgIpc) is 1.55. The van der Waals surface area contributed by atoms with Gasteiger partial charge in [0.2, 0.25) is 23.6 Å². The fourth-order valence-electron chi connectivity index (χ4n) is 16.8. The van der Waals surface area contributed by atoms with Gasteiger partial charge in [-0.3, -0.25) is 19.2 Å². The first-order chi connectivity index (χ1) is 57.3. The van der Waals surface area contributed by atoms with Crippen molar-refractivity contribution in [3.8, 4) is 45.8 Å². The fourth-order valence-corrected chi connectivity index (χ4v) is 19.1. The third-order valence-electron chi connectivity index (χ3n) is 23.8. The van der Waals surface area contributed by atoms with Crippen molar-refractivity contribution in [3.63, 3.8) is 0 Å². The summed E-state index contributed by atoms with van der Waals surface area (Å²) >= 11 is 16.9. The molecule has 6 amide bonds. The second kappa shape index (κ2) is 36.2. The van der Waals surface area contributed by atoms with E-state index >= 15 is 0 Å². The minimum absolute atomic E-state index is 0.0138. The third-order valence-corrected chi connectivity index (χ3v) is 26.1. The lowest BCUT2D eigenvalue weighted by atomic mass is 9.85. The van der Waals surface area contributed by atoms with E-state index in [1.807, 2.05) is 130 Å². The van der Waals surface area contributed by atoms with Gasteiger partial charge in [-0.1, -0.05) is 76.9 Å². The maximum absolute atomic E-state index is 14.8. The molecule has 4 unspecified atom stereocenters. The molecule has 6 saturated carbocycles. The smallest absolute Gasteiger partial charge is 0.408 e. The number of fused-ring (bicyclic) bond motifs is 4. The number of hydrogen-bond acceptors (Lipinski definition) is 25. The molecular weight excluding hydrogens is 1630 g/mol. The monoisotopic (exact) mass is 1740 g/mol. The topological polar surface area (TPSA) is 358 Å². The molecule has 8 aliphatic rings. The second-order valence-electron chi connectivity index (χ2n) is 36.7. The zero-order chi connectivity index (χ0) is 87.2. The zero-order valence-electron chi connectivity index (χ0n) is 71.5. The Morgan fingerprint density at radius 3 is 1.30 bits per heavy atom. The number of methoxy groups -OCH3 is 1. The number of likely N-dealkylation sites (tertiary alicyclic amines) is 2. The zero-order valence-corrected chi connectivity index (χ0v) is 74.6. The summed E-state index contributed by atoms with van der Waals surface area (Å²) in [5.74, 6) is -0.667. The number of benzene rings is 2. The van der Waals surface area contributed by atoms with Gasteiger partial charge in [0.25, 0.3) is 0 Å². The van der Waals surface area contributed by atoms with Crippen molar-refractivity contribution in [1.29, 1.82) is 0 Å². The number of aliphatic carboxylic acids is 1. The highest BCUT2D eigenvalue weighted by atomic mass is 35.5. The minimum atomic E-state index is -1.53. The van der Waals surface area contributed by atoms with E-state index in [-0.39, 0.29) is 67.6 Å². The summed E-state index contributed by atoms with van der Waals surface area (Å²) < 4.78 is 42.4. The molecule has 0 radical (unpaired) electrons. The van der Waals surface area contributed by atoms with Crippen LogP contribution >= 0.6 is 45.9 Å². The van der Waals surface area contributed by atoms with Gasteiger partial charge >= 0.3 is 24.1 Å². The summed E-state index contributed by atoms with van der Waals surface area (Å²) in [4.78, 5) is 137. The lowest BCUT2D eigenvalue weighted by Crippen LogP contribution is -2.59. The lowest BCUT2D eigenvalue weighted by molar-refractivity contribution is -0.148. The number of rotatable bonds is 32. The molecule has 121 heavy (non-hydrogen) atoms. The van der Waals surface area contributed by atoms with Crippen LogP contribution in [0.4, 0.5) is 19.9 Å². The molecule has 34 heteroatoms. The van der Waals surface area contributed by atoms with Gasteiger partial charge in [0.05, 0.1) is 42.6 Å². The molecule has 0 spiro atoms. The first-order valence-electron chi connectivity index (χ1n) is 41.6. The molecule has 6 aromatic rings. The minimum Gasteiger partial charge on any atom is -0.491 e. The van der Waals surface area contributed by atoms with E-state index in [4.69, 9.17) is 76.3 Å². The Labute approximate surface area is 724 Å². The molecule has 0 bridgehead atoms. The second-order valence-corrected chi connectivity index (χ2v) is 39.2. The predicted octanol–water partition coefficient (Wildman–Crippen LogP) is 12.5. The van der Waals surface area contributed by atoms with Crippen LogP contribution in [0.5, 0.6) is 23.0 Å². The van der Waals surface area contributed by atoms with Crippen LogP contribution in [0.1, 0.15) is 133 Å². The van der Waals surface area contributed by atoms with E-state index in [1.165, 1.54) is 58.5 Å². The van der Waals surface area contributed by atoms with Gasteiger partial charge in [0.15, 0.2) is 10.3 Å². The molecule has 7 N–H and O–H groups in total. The molecule has 14 rings (SSSR count).